The Hall–Kier alpha value is -2.11. The number of aryl methyl sites for hydroxylation is 1. The van der Waals surface area contributed by atoms with Gasteiger partial charge < -0.3 is 11.1 Å². The quantitative estimate of drug-likeness (QED) is 0.778. The van der Waals surface area contributed by atoms with Crippen LogP contribution in [0.4, 0.5) is 11.5 Å². The van der Waals surface area contributed by atoms with Gasteiger partial charge in [-0.1, -0.05) is 0 Å². The van der Waals surface area contributed by atoms with Crippen molar-refractivity contribution in [3.05, 3.63) is 30.5 Å². The first kappa shape index (κ1) is 10.4. The summed E-state index contributed by atoms with van der Waals surface area (Å²) in [5, 5.41) is 7.32. The van der Waals surface area contributed by atoms with E-state index in [0.29, 0.717) is 18.1 Å². The number of aromatic nitrogens is 4. The third kappa shape index (κ3) is 2.47. The highest BCUT2D eigenvalue weighted by Crippen LogP contribution is 2.12. The Morgan fingerprint density at radius 1 is 1.44 bits per heavy atom. The summed E-state index contributed by atoms with van der Waals surface area (Å²) in [6.07, 6.45) is 4.14. The van der Waals surface area contributed by atoms with Gasteiger partial charge in [0.1, 0.15) is 12.1 Å². The molecule has 0 saturated carbocycles. The summed E-state index contributed by atoms with van der Waals surface area (Å²) in [7, 11) is 1.85. The van der Waals surface area contributed by atoms with Gasteiger partial charge in [-0.2, -0.15) is 5.10 Å². The maximum Gasteiger partial charge on any atom is 0.152 e. The Morgan fingerprint density at radius 3 is 3.00 bits per heavy atom. The number of nitrogens with two attached hydrogens (primary N) is 1. The fourth-order valence-corrected chi connectivity index (χ4v) is 1.36. The van der Waals surface area contributed by atoms with Crippen molar-refractivity contribution in [2.75, 3.05) is 17.6 Å². The molecule has 6 nitrogen and oxygen atoms in total. The molecule has 84 valence electrons. The van der Waals surface area contributed by atoms with Crippen molar-refractivity contribution < 1.29 is 0 Å². The lowest BCUT2D eigenvalue weighted by Gasteiger charge is -2.05. The summed E-state index contributed by atoms with van der Waals surface area (Å²) in [5.41, 5.74) is 6.39. The zero-order valence-corrected chi connectivity index (χ0v) is 9.09. The van der Waals surface area contributed by atoms with Crippen molar-refractivity contribution in [3.63, 3.8) is 0 Å². The third-order valence-corrected chi connectivity index (χ3v) is 2.13. The molecule has 0 aromatic carbocycles. The second-order valence-electron chi connectivity index (χ2n) is 3.45. The van der Waals surface area contributed by atoms with Crippen LogP contribution in [0.3, 0.4) is 0 Å². The Bertz CT molecular complexity index is 464. The smallest absolute Gasteiger partial charge is 0.152 e. The van der Waals surface area contributed by atoms with Crippen LogP contribution in [0.2, 0.25) is 0 Å². The van der Waals surface area contributed by atoms with Gasteiger partial charge in [0.05, 0.1) is 5.69 Å². The van der Waals surface area contributed by atoms with E-state index in [-0.39, 0.29) is 0 Å². The number of rotatable bonds is 4. The fourth-order valence-electron chi connectivity index (χ4n) is 1.36. The second kappa shape index (κ2) is 4.61. The molecule has 0 amide bonds. The van der Waals surface area contributed by atoms with Crippen molar-refractivity contribution in [2.45, 2.75) is 6.42 Å². The lowest BCUT2D eigenvalue weighted by atomic mass is 10.3. The summed E-state index contributed by atoms with van der Waals surface area (Å²) in [5.74, 6) is 1.52. The van der Waals surface area contributed by atoms with Gasteiger partial charge in [-0.05, 0) is 12.1 Å². The maximum absolute atomic E-state index is 5.74. The van der Waals surface area contributed by atoms with Crippen LogP contribution >= 0.6 is 0 Å². The zero-order valence-electron chi connectivity index (χ0n) is 9.09. The Morgan fingerprint density at radius 2 is 2.31 bits per heavy atom. The minimum atomic E-state index is 0.650. The van der Waals surface area contributed by atoms with Gasteiger partial charge in [0.15, 0.2) is 5.82 Å². The van der Waals surface area contributed by atoms with Crippen molar-refractivity contribution in [1.82, 2.24) is 19.7 Å². The molecular formula is C10H14N6. The summed E-state index contributed by atoms with van der Waals surface area (Å²) in [6, 6.07) is 3.62. The van der Waals surface area contributed by atoms with Gasteiger partial charge >= 0.3 is 0 Å². The van der Waals surface area contributed by atoms with Crippen LogP contribution in [-0.4, -0.2) is 26.3 Å². The number of pyridine rings is 1. The average molecular weight is 218 g/mol. The molecule has 16 heavy (non-hydrogen) atoms. The van der Waals surface area contributed by atoms with Crippen LogP contribution in [0.5, 0.6) is 0 Å². The lowest BCUT2D eigenvalue weighted by molar-refractivity contribution is 0.742. The molecule has 0 aliphatic rings. The lowest BCUT2D eigenvalue weighted by Crippen LogP contribution is -2.09. The molecule has 0 aliphatic heterocycles. The molecule has 0 aliphatic carbocycles. The maximum atomic E-state index is 5.74. The summed E-state index contributed by atoms with van der Waals surface area (Å²) >= 11 is 0. The molecule has 2 aromatic heterocycles. The van der Waals surface area contributed by atoms with Crippen molar-refractivity contribution >= 4 is 11.5 Å². The normalized spacial score (nSPS) is 10.3. The molecule has 6 heteroatoms. The van der Waals surface area contributed by atoms with Crippen LogP contribution in [0.1, 0.15) is 5.82 Å². The molecule has 0 atom stereocenters. The Kier molecular flexibility index (Phi) is 3.00. The first-order valence-corrected chi connectivity index (χ1v) is 5.04. The van der Waals surface area contributed by atoms with E-state index in [0.717, 1.165) is 12.2 Å². The zero-order chi connectivity index (χ0) is 11.4. The number of anilines is 2. The number of hydrogen-bond donors (Lipinski definition) is 2. The first-order valence-electron chi connectivity index (χ1n) is 5.04. The van der Waals surface area contributed by atoms with E-state index >= 15 is 0 Å². The molecule has 0 fully saturated rings. The van der Waals surface area contributed by atoms with E-state index in [1.54, 1.807) is 23.3 Å². The molecule has 0 radical (unpaired) electrons. The van der Waals surface area contributed by atoms with E-state index in [2.05, 4.69) is 20.4 Å². The van der Waals surface area contributed by atoms with E-state index in [1.807, 2.05) is 13.1 Å². The first-order chi connectivity index (χ1) is 7.75. The minimum Gasteiger partial charge on any atom is -0.396 e. The molecule has 0 unspecified atom stereocenters. The number of nitrogens with zero attached hydrogens (tertiary/aromatic N) is 4. The standard InChI is InChI=1S/C10H14N6/c1-16-7-14-9(15-16)4-6-13-10-8(11)3-2-5-12-10/h2-3,5,7H,4,6,11H2,1H3,(H,12,13). The van der Waals surface area contributed by atoms with Gasteiger partial charge in [0.2, 0.25) is 0 Å². The van der Waals surface area contributed by atoms with Gasteiger partial charge in [-0.3, -0.25) is 4.68 Å². The average Bonchev–Trinajstić information content (AvgIpc) is 2.67. The molecule has 0 spiro atoms. The summed E-state index contributed by atoms with van der Waals surface area (Å²) in [6.45, 7) is 0.714. The molecule has 2 heterocycles. The molecular weight excluding hydrogens is 204 g/mol. The summed E-state index contributed by atoms with van der Waals surface area (Å²) in [4.78, 5) is 8.26. The van der Waals surface area contributed by atoms with Crippen molar-refractivity contribution in [2.24, 2.45) is 7.05 Å². The SMILES string of the molecule is Cn1cnc(CCNc2ncccc2N)n1. The van der Waals surface area contributed by atoms with Crippen LogP contribution < -0.4 is 11.1 Å². The van der Waals surface area contributed by atoms with Gasteiger partial charge in [-0.15, -0.1) is 0 Å². The highest BCUT2D eigenvalue weighted by atomic mass is 15.3. The van der Waals surface area contributed by atoms with Crippen LogP contribution in [0.15, 0.2) is 24.7 Å². The monoisotopic (exact) mass is 218 g/mol. The van der Waals surface area contributed by atoms with E-state index in [1.165, 1.54) is 0 Å². The molecule has 0 saturated heterocycles. The largest absolute Gasteiger partial charge is 0.396 e. The number of hydrogen-bond acceptors (Lipinski definition) is 5. The summed E-state index contributed by atoms with van der Waals surface area (Å²) < 4.78 is 1.68. The van der Waals surface area contributed by atoms with Gasteiger partial charge in [0.25, 0.3) is 0 Å². The fraction of sp³-hybridized carbons (Fsp3) is 0.300. The highest BCUT2D eigenvalue weighted by Gasteiger charge is 2.00. The Labute approximate surface area is 93.5 Å². The van der Waals surface area contributed by atoms with Gasteiger partial charge in [-0.25, -0.2) is 9.97 Å². The van der Waals surface area contributed by atoms with E-state index < -0.39 is 0 Å². The van der Waals surface area contributed by atoms with Crippen LogP contribution in [0, 0.1) is 0 Å². The number of nitrogen functional groups attached to an aromatic ring is 1. The van der Waals surface area contributed by atoms with Crippen molar-refractivity contribution in [1.29, 1.82) is 0 Å². The predicted octanol–water partition coefficient (Wildman–Crippen LogP) is 0.447. The second-order valence-corrected chi connectivity index (χ2v) is 3.45. The Balaban J connectivity index is 1.87. The molecule has 2 rings (SSSR count). The predicted molar refractivity (Wildman–Crippen MR) is 61.8 cm³/mol. The van der Waals surface area contributed by atoms with E-state index in [4.69, 9.17) is 5.73 Å². The van der Waals surface area contributed by atoms with Crippen molar-refractivity contribution in [3.8, 4) is 0 Å². The van der Waals surface area contributed by atoms with Crippen LogP contribution in [0.25, 0.3) is 0 Å². The highest BCUT2D eigenvalue weighted by molar-refractivity contribution is 5.60. The van der Waals surface area contributed by atoms with Crippen LogP contribution in [-0.2, 0) is 13.5 Å². The van der Waals surface area contributed by atoms with Gasteiger partial charge in [0, 0.05) is 26.2 Å². The third-order valence-electron chi connectivity index (χ3n) is 2.13. The number of nitrogens with one attached hydrogen (secondary N) is 1. The molecule has 0 bridgehead atoms. The molecule has 2 aromatic rings. The molecule has 3 N–H and O–H groups in total. The minimum absolute atomic E-state index is 0.650. The van der Waals surface area contributed by atoms with E-state index in [9.17, 15) is 0 Å². The topological polar surface area (TPSA) is 81.7 Å².